The van der Waals surface area contributed by atoms with Gasteiger partial charge in [0.1, 0.15) is 5.82 Å². The Kier molecular flexibility index (Phi) is 6.88. The Hall–Kier alpha value is -1.93. The molecule has 0 bridgehead atoms. The zero-order valence-corrected chi connectivity index (χ0v) is 16.4. The molecule has 2 aromatic carbocycles. The third-order valence-electron chi connectivity index (χ3n) is 4.13. The lowest BCUT2D eigenvalue weighted by molar-refractivity contribution is -0.137. The van der Waals surface area contributed by atoms with Gasteiger partial charge in [0, 0.05) is 17.0 Å². The Morgan fingerprint density at radius 2 is 1.79 bits per heavy atom. The first-order chi connectivity index (χ1) is 12.9. The maximum Gasteiger partial charge on any atom is 0.416 e. The highest BCUT2D eigenvalue weighted by Gasteiger charge is 2.32. The molecule has 0 saturated carbocycles. The molecule has 3 nitrogen and oxygen atoms in total. The second-order valence-corrected chi connectivity index (χ2v) is 8.84. The number of Topliss-reactive ketones (excluding diaryl/α,β-unsaturated/α-hetero) is 1. The molecule has 0 saturated heterocycles. The fourth-order valence-corrected chi connectivity index (χ4v) is 4.04. The lowest BCUT2D eigenvalue weighted by atomic mass is 10.0. The smallest absolute Gasteiger partial charge is 0.294 e. The van der Waals surface area contributed by atoms with Crippen molar-refractivity contribution in [2.24, 2.45) is 0 Å². The van der Waals surface area contributed by atoms with Crippen LogP contribution in [0, 0.1) is 5.82 Å². The average molecular weight is 437 g/mol. The Morgan fingerprint density at radius 3 is 2.39 bits per heavy atom. The van der Waals surface area contributed by atoms with Gasteiger partial charge in [0.05, 0.1) is 16.2 Å². The van der Waals surface area contributed by atoms with E-state index < -0.39 is 33.2 Å². The van der Waals surface area contributed by atoms with Crippen molar-refractivity contribution < 1.29 is 30.8 Å². The molecule has 28 heavy (non-hydrogen) atoms. The number of hydrogen-bond donors (Lipinski definition) is 0. The summed E-state index contributed by atoms with van der Waals surface area (Å²) in [7, 11) is -3.49. The summed E-state index contributed by atoms with van der Waals surface area (Å²) in [6.45, 7) is 1.50. The number of hydrogen-bond acceptors (Lipinski definition) is 3. The van der Waals surface area contributed by atoms with Crippen LogP contribution in [0.15, 0.2) is 41.3 Å². The molecule has 0 spiro atoms. The molecule has 0 amide bonds. The first kappa shape index (κ1) is 22.4. The van der Waals surface area contributed by atoms with E-state index in [1.165, 1.54) is 25.1 Å². The molecular weight excluding hydrogens is 420 g/mol. The van der Waals surface area contributed by atoms with Crippen molar-refractivity contribution in [1.82, 2.24) is 0 Å². The summed E-state index contributed by atoms with van der Waals surface area (Å²) in [4.78, 5) is 12.3. The number of sulfone groups is 1. The monoisotopic (exact) mass is 436 g/mol. The van der Waals surface area contributed by atoms with Crippen molar-refractivity contribution in [2.45, 2.75) is 37.3 Å². The van der Waals surface area contributed by atoms with Crippen LogP contribution in [-0.2, 0) is 22.4 Å². The van der Waals surface area contributed by atoms with Crippen LogP contribution in [0.4, 0.5) is 17.6 Å². The minimum atomic E-state index is -4.76. The SMILES string of the molecule is CCS(=O)(=O)c1ccc(Cl)cc1CCCC(=O)c1cc(F)cc(C(F)(F)F)c1. The summed E-state index contributed by atoms with van der Waals surface area (Å²) in [6, 6.07) is 6.01. The second-order valence-electron chi connectivity index (χ2n) is 6.16. The van der Waals surface area contributed by atoms with Crippen molar-refractivity contribution in [3.05, 3.63) is 63.9 Å². The Balaban J connectivity index is 2.16. The first-order valence-corrected chi connectivity index (χ1v) is 10.4. The number of carbonyl (C=O) groups is 1. The van der Waals surface area contributed by atoms with Gasteiger partial charge in [-0.3, -0.25) is 4.79 Å². The molecule has 0 aliphatic carbocycles. The maximum atomic E-state index is 13.4. The molecule has 2 rings (SSSR count). The Morgan fingerprint density at radius 1 is 1.11 bits per heavy atom. The molecule has 0 aliphatic heterocycles. The van der Waals surface area contributed by atoms with Crippen LogP contribution in [0.3, 0.4) is 0 Å². The normalized spacial score (nSPS) is 12.2. The summed E-state index contributed by atoms with van der Waals surface area (Å²) in [6.07, 6.45) is -4.58. The predicted molar refractivity (Wildman–Crippen MR) is 97.8 cm³/mol. The second kappa shape index (κ2) is 8.61. The zero-order valence-electron chi connectivity index (χ0n) is 14.8. The van der Waals surface area contributed by atoms with E-state index in [9.17, 15) is 30.8 Å². The highest BCUT2D eigenvalue weighted by atomic mass is 35.5. The van der Waals surface area contributed by atoms with Crippen LogP contribution < -0.4 is 0 Å². The van der Waals surface area contributed by atoms with E-state index in [-0.39, 0.29) is 35.5 Å². The third kappa shape index (κ3) is 5.54. The summed E-state index contributed by atoms with van der Waals surface area (Å²) in [5, 5.41) is 0.330. The summed E-state index contributed by atoms with van der Waals surface area (Å²) < 4.78 is 76.1. The van der Waals surface area contributed by atoms with Crippen LogP contribution in [0.25, 0.3) is 0 Å². The topological polar surface area (TPSA) is 51.2 Å². The van der Waals surface area contributed by atoms with Crippen molar-refractivity contribution in [2.75, 3.05) is 5.75 Å². The van der Waals surface area contributed by atoms with E-state index in [1.807, 2.05) is 0 Å². The van der Waals surface area contributed by atoms with E-state index in [0.717, 1.165) is 6.07 Å². The van der Waals surface area contributed by atoms with Gasteiger partial charge in [-0.2, -0.15) is 13.2 Å². The molecule has 0 atom stereocenters. The first-order valence-electron chi connectivity index (χ1n) is 8.36. The summed E-state index contributed by atoms with van der Waals surface area (Å²) in [5.74, 6) is -1.92. The minimum Gasteiger partial charge on any atom is -0.294 e. The predicted octanol–water partition coefficient (Wildman–Crippen LogP) is 5.50. The lowest BCUT2D eigenvalue weighted by Gasteiger charge is -2.11. The molecule has 0 unspecified atom stereocenters. The van der Waals surface area contributed by atoms with Gasteiger partial charge >= 0.3 is 6.18 Å². The van der Waals surface area contributed by atoms with Gasteiger partial charge in [0.15, 0.2) is 15.6 Å². The van der Waals surface area contributed by atoms with Gasteiger partial charge in [-0.1, -0.05) is 18.5 Å². The molecule has 0 aromatic heterocycles. The van der Waals surface area contributed by atoms with E-state index >= 15 is 0 Å². The lowest BCUT2D eigenvalue weighted by Crippen LogP contribution is -2.10. The van der Waals surface area contributed by atoms with Crippen molar-refractivity contribution in [1.29, 1.82) is 0 Å². The van der Waals surface area contributed by atoms with Crippen LogP contribution in [0.2, 0.25) is 5.02 Å². The molecule has 0 fully saturated rings. The van der Waals surface area contributed by atoms with Gasteiger partial charge in [0.25, 0.3) is 0 Å². The molecule has 152 valence electrons. The van der Waals surface area contributed by atoms with E-state index in [4.69, 9.17) is 11.6 Å². The largest absolute Gasteiger partial charge is 0.416 e. The van der Waals surface area contributed by atoms with Gasteiger partial charge in [0.2, 0.25) is 0 Å². The molecule has 0 aliphatic rings. The standard InChI is InChI=1S/C19H17ClF4O3S/c1-2-28(26,27)18-7-6-15(20)9-12(18)4-3-5-17(25)13-8-14(19(22,23)24)11-16(21)10-13/h6-11H,2-5H2,1H3. The molecule has 2 aromatic rings. The van der Waals surface area contributed by atoms with E-state index in [0.29, 0.717) is 22.7 Å². The van der Waals surface area contributed by atoms with E-state index in [1.54, 1.807) is 0 Å². The fourth-order valence-electron chi connectivity index (χ4n) is 2.70. The van der Waals surface area contributed by atoms with Gasteiger partial charge < -0.3 is 0 Å². The van der Waals surface area contributed by atoms with Crippen LogP contribution >= 0.6 is 11.6 Å². The molecule has 0 N–H and O–H groups in total. The number of benzene rings is 2. The van der Waals surface area contributed by atoms with Crippen molar-refractivity contribution in [3.63, 3.8) is 0 Å². The van der Waals surface area contributed by atoms with Gasteiger partial charge in [-0.15, -0.1) is 0 Å². The number of halogens is 5. The highest BCUT2D eigenvalue weighted by Crippen LogP contribution is 2.31. The van der Waals surface area contributed by atoms with Crippen molar-refractivity contribution >= 4 is 27.2 Å². The van der Waals surface area contributed by atoms with Crippen LogP contribution in [0.5, 0.6) is 0 Å². The number of ketones is 1. The molecule has 9 heteroatoms. The number of carbonyl (C=O) groups excluding carboxylic acids is 1. The average Bonchev–Trinajstić information content (AvgIpc) is 2.60. The van der Waals surface area contributed by atoms with E-state index in [2.05, 4.69) is 0 Å². The maximum absolute atomic E-state index is 13.4. The van der Waals surface area contributed by atoms with Gasteiger partial charge in [-0.25, -0.2) is 12.8 Å². The molecule has 0 radical (unpaired) electrons. The molecule has 0 heterocycles. The Labute approximate surface area is 165 Å². The third-order valence-corrected chi connectivity index (χ3v) is 6.20. The van der Waals surface area contributed by atoms with Crippen molar-refractivity contribution in [3.8, 4) is 0 Å². The van der Waals surface area contributed by atoms with Crippen LogP contribution in [0.1, 0.15) is 41.3 Å². The minimum absolute atomic E-state index is 0.107. The number of aryl methyl sites for hydroxylation is 1. The van der Waals surface area contributed by atoms with Crippen LogP contribution in [-0.4, -0.2) is 20.0 Å². The zero-order chi connectivity index (χ0) is 21.1. The Bertz CT molecular complexity index is 985. The highest BCUT2D eigenvalue weighted by molar-refractivity contribution is 7.91. The fraction of sp³-hybridized carbons (Fsp3) is 0.316. The summed E-state index contributed by atoms with van der Waals surface area (Å²) in [5.41, 5.74) is -1.18. The molecular formula is C19H17ClF4O3S. The summed E-state index contributed by atoms with van der Waals surface area (Å²) >= 11 is 5.92. The quantitative estimate of drug-likeness (QED) is 0.425. The number of alkyl halides is 3. The van der Waals surface area contributed by atoms with Gasteiger partial charge in [-0.05, 0) is 54.8 Å². The number of rotatable bonds is 7.